The summed E-state index contributed by atoms with van der Waals surface area (Å²) in [5.41, 5.74) is 1.23. The molecule has 0 fully saturated rings. The van der Waals surface area contributed by atoms with Crippen molar-refractivity contribution in [1.29, 1.82) is 0 Å². The molecule has 11 heteroatoms. The highest BCUT2D eigenvalue weighted by Crippen LogP contribution is 2.34. The minimum atomic E-state index is -0.387. The number of benzene rings is 1. The number of thiophene rings is 1. The lowest BCUT2D eigenvalue weighted by Crippen LogP contribution is -2.34. The number of thioether (sulfide) groups is 1. The van der Waals surface area contributed by atoms with Crippen LogP contribution >= 0.6 is 23.1 Å². The minimum Gasteiger partial charge on any atom is -0.467 e. The maximum absolute atomic E-state index is 13.6. The molecule has 8 nitrogen and oxygen atoms in total. The van der Waals surface area contributed by atoms with E-state index in [-0.39, 0.29) is 35.5 Å². The normalized spacial score (nSPS) is 13.1. The Morgan fingerprint density at radius 1 is 1.26 bits per heavy atom. The zero-order chi connectivity index (χ0) is 24.5. The van der Waals surface area contributed by atoms with Crippen molar-refractivity contribution in [2.24, 2.45) is 0 Å². The molecule has 3 aromatic heterocycles. The second kappa shape index (κ2) is 9.67. The zero-order valence-electron chi connectivity index (χ0n) is 18.7. The van der Waals surface area contributed by atoms with Gasteiger partial charge in [-0.1, -0.05) is 11.8 Å². The molecule has 0 aliphatic carbocycles. The van der Waals surface area contributed by atoms with Crippen LogP contribution in [0.2, 0.25) is 0 Å². The van der Waals surface area contributed by atoms with Gasteiger partial charge in [0.1, 0.15) is 16.4 Å². The van der Waals surface area contributed by atoms with Gasteiger partial charge < -0.3 is 14.6 Å². The van der Waals surface area contributed by atoms with Gasteiger partial charge >= 0.3 is 0 Å². The Balaban J connectivity index is 1.46. The summed E-state index contributed by atoms with van der Waals surface area (Å²) >= 11 is 2.56. The van der Waals surface area contributed by atoms with Crippen LogP contribution < -0.4 is 10.9 Å². The number of rotatable bonds is 6. The molecule has 2 amide bonds. The number of carbonyl (C=O) groups excluding carboxylic acids is 2. The van der Waals surface area contributed by atoms with Crippen molar-refractivity contribution in [2.45, 2.75) is 31.6 Å². The summed E-state index contributed by atoms with van der Waals surface area (Å²) in [7, 11) is 0. The van der Waals surface area contributed by atoms with Crippen molar-refractivity contribution in [3.63, 3.8) is 0 Å². The fourth-order valence-electron chi connectivity index (χ4n) is 3.99. The van der Waals surface area contributed by atoms with Crippen LogP contribution in [0.25, 0.3) is 10.2 Å². The first-order valence-corrected chi connectivity index (χ1v) is 12.7. The molecule has 35 heavy (non-hydrogen) atoms. The van der Waals surface area contributed by atoms with Gasteiger partial charge in [0.15, 0.2) is 5.16 Å². The first kappa shape index (κ1) is 23.3. The highest BCUT2D eigenvalue weighted by atomic mass is 32.2. The molecule has 1 aromatic carbocycles. The lowest BCUT2D eigenvalue weighted by Gasteiger charge is -2.25. The summed E-state index contributed by atoms with van der Waals surface area (Å²) in [4.78, 5) is 46.1. The fourth-order valence-corrected chi connectivity index (χ4v) is 6.07. The van der Waals surface area contributed by atoms with E-state index in [4.69, 9.17) is 9.40 Å². The highest BCUT2D eigenvalue weighted by molar-refractivity contribution is 7.99. The van der Waals surface area contributed by atoms with Crippen LogP contribution in [0, 0.1) is 5.82 Å². The van der Waals surface area contributed by atoms with Gasteiger partial charge in [0.2, 0.25) is 11.8 Å². The third-order valence-electron chi connectivity index (χ3n) is 5.73. The number of aromatic nitrogens is 2. The number of amides is 2. The van der Waals surface area contributed by atoms with Gasteiger partial charge in [-0.05, 0) is 48.4 Å². The van der Waals surface area contributed by atoms with Crippen LogP contribution in [0.4, 0.5) is 10.1 Å². The number of hydrogen-bond acceptors (Lipinski definition) is 7. The molecular formula is C24H21FN4O4S2. The Labute approximate surface area is 207 Å². The topological polar surface area (TPSA) is 97.4 Å². The molecule has 180 valence electrons. The predicted molar refractivity (Wildman–Crippen MR) is 132 cm³/mol. The number of halogens is 1. The van der Waals surface area contributed by atoms with Crippen molar-refractivity contribution in [3.8, 4) is 0 Å². The molecule has 0 bridgehead atoms. The van der Waals surface area contributed by atoms with Gasteiger partial charge in [0, 0.05) is 24.0 Å². The summed E-state index contributed by atoms with van der Waals surface area (Å²) in [6.07, 6.45) is 2.14. The first-order valence-electron chi connectivity index (χ1n) is 10.9. The summed E-state index contributed by atoms with van der Waals surface area (Å²) in [5.74, 6) is -0.0844. The zero-order valence-corrected chi connectivity index (χ0v) is 20.4. The van der Waals surface area contributed by atoms with E-state index in [9.17, 15) is 18.8 Å². The third kappa shape index (κ3) is 4.87. The van der Waals surface area contributed by atoms with Crippen LogP contribution in [0.1, 0.15) is 23.1 Å². The minimum absolute atomic E-state index is 0.000271. The van der Waals surface area contributed by atoms with E-state index >= 15 is 0 Å². The Bertz CT molecular complexity index is 1460. The first-order chi connectivity index (χ1) is 16.9. The standard InChI is InChI=1S/C24H21FN4O4S2/c1-14(30)28-9-8-18-19(12-28)35-22-21(18)23(32)29(11-17-3-2-10-33-17)24(27-22)34-13-20(31)26-16-6-4-15(25)5-7-16/h2-7,10H,8-9,11-13H2,1H3,(H,26,31). The summed E-state index contributed by atoms with van der Waals surface area (Å²) in [6.45, 7) is 2.75. The maximum atomic E-state index is 13.6. The van der Waals surface area contributed by atoms with Crippen molar-refractivity contribution in [2.75, 3.05) is 17.6 Å². The van der Waals surface area contributed by atoms with Gasteiger partial charge in [0.05, 0.1) is 30.5 Å². The Morgan fingerprint density at radius 2 is 2.06 bits per heavy atom. The van der Waals surface area contributed by atoms with Crippen molar-refractivity contribution in [3.05, 3.63) is 75.0 Å². The predicted octanol–water partition coefficient (Wildman–Crippen LogP) is 3.87. The van der Waals surface area contributed by atoms with Gasteiger partial charge in [-0.25, -0.2) is 9.37 Å². The maximum Gasteiger partial charge on any atom is 0.263 e. The molecule has 0 atom stereocenters. The number of carbonyl (C=O) groups is 2. The molecule has 4 heterocycles. The van der Waals surface area contributed by atoms with E-state index in [1.807, 2.05) is 0 Å². The second-order valence-corrected chi connectivity index (χ2v) is 10.1. The Kier molecular flexibility index (Phi) is 6.44. The van der Waals surface area contributed by atoms with Gasteiger partial charge in [-0.15, -0.1) is 11.3 Å². The summed E-state index contributed by atoms with van der Waals surface area (Å²) in [5, 5.41) is 3.68. The van der Waals surface area contributed by atoms with E-state index in [0.29, 0.717) is 46.3 Å². The number of fused-ring (bicyclic) bond motifs is 3. The van der Waals surface area contributed by atoms with E-state index < -0.39 is 0 Å². The lowest BCUT2D eigenvalue weighted by atomic mass is 10.1. The molecule has 1 aliphatic rings. The van der Waals surface area contributed by atoms with Crippen molar-refractivity contribution >= 4 is 50.8 Å². The van der Waals surface area contributed by atoms with E-state index in [2.05, 4.69) is 5.32 Å². The number of anilines is 1. The SMILES string of the molecule is CC(=O)N1CCc2c(sc3nc(SCC(=O)Nc4ccc(F)cc4)n(Cc4ccco4)c(=O)c23)C1. The molecular weight excluding hydrogens is 491 g/mol. The molecule has 0 saturated carbocycles. The largest absolute Gasteiger partial charge is 0.467 e. The molecule has 0 radical (unpaired) electrons. The van der Waals surface area contributed by atoms with Crippen LogP contribution in [0.3, 0.4) is 0 Å². The molecule has 0 saturated heterocycles. The number of nitrogens with zero attached hydrogens (tertiary/aromatic N) is 3. The van der Waals surface area contributed by atoms with Crippen LogP contribution in [-0.2, 0) is 29.1 Å². The molecule has 5 rings (SSSR count). The van der Waals surface area contributed by atoms with E-state index in [1.54, 1.807) is 24.0 Å². The molecule has 1 aliphatic heterocycles. The Hall–Kier alpha value is -3.44. The second-order valence-electron chi connectivity index (χ2n) is 8.08. The van der Waals surface area contributed by atoms with Gasteiger partial charge in [-0.3, -0.25) is 19.0 Å². The summed E-state index contributed by atoms with van der Waals surface area (Å²) < 4.78 is 20.1. The van der Waals surface area contributed by atoms with Crippen molar-refractivity contribution < 1.29 is 18.4 Å². The number of furan rings is 1. The molecule has 4 aromatic rings. The lowest BCUT2D eigenvalue weighted by molar-refractivity contribution is -0.129. The van der Waals surface area contributed by atoms with E-state index in [0.717, 1.165) is 22.2 Å². The quantitative estimate of drug-likeness (QED) is 0.311. The van der Waals surface area contributed by atoms with Gasteiger partial charge in [0.25, 0.3) is 5.56 Å². The van der Waals surface area contributed by atoms with Crippen LogP contribution in [-0.4, -0.2) is 38.6 Å². The molecule has 0 spiro atoms. The van der Waals surface area contributed by atoms with Gasteiger partial charge in [-0.2, -0.15) is 0 Å². The highest BCUT2D eigenvalue weighted by Gasteiger charge is 2.26. The van der Waals surface area contributed by atoms with E-state index in [1.165, 1.54) is 46.4 Å². The monoisotopic (exact) mass is 512 g/mol. The smallest absolute Gasteiger partial charge is 0.263 e. The van der Waals surface area contributed by atoms with Crippen LogP contribution in [0.5, 0.6) is 0 Å². The van der Waals surface area contributed by atoms with Crippen molar-refractivity contribution in [1.82, 2.24) is 14.5 Å². The average Bonchev–Trinajstić information content (AvgIpc) is 3.48. The third-order valence-corrected chi connectivity index (χ3v) is 7.81. The number of hydrogen-bond donors (Lipinski definition) is 1. The fraction of sp³-hybridized carbons (Fsp3) is 0.250. The molecule has 0 unspecified atom stereocenters. The average molecular weight is 513 g/mol. The summed E-state index contributed by atoms with van der Waals surface area (Å²) in [6, 6.07) is 9.03. The van der Waals surface area contributed by atoms with Crippen LogP contribution in [0.15, 0.2) is 57.0 Å². The Morgan fingerprint density at radius 3 is 2.77 bits per heavy atom. The number of nitrogens with one attached hydrogen (secondary N) is 1. The molecule has 1 N–H and O–H groups in total.